The summed E-state index contributed by atoms with van der Waals surface area (Å²) in [5.74, 6) is -1.87. The van der Waals surface area contributed by atoms with Gasteiger partial charge in [0.05, 0.1) is 50.1 Å². The van der Waals surface area contributed by atoms with E-state index >= 15 is 4.39 Å². The first-order chi connectivity index (χ1) is 25.3. The number of amides is 1. The highest BCUT2D eigenvalue weighted by Crippen LogP contribution is 2.47. The molecule has 1 amide bonds. The lowest BCUT2D eigenvalue weighted by atomic mass is 9.70. The first-order valence-corrected chi connectivity index (χ1v) is 20.2. The molecule has 292 valence electrons. The number of primary sulfonamides is 1. The number of rotatable bonds is 15. The van der Waals surface area contributed by atoms with Crippen molar-refractivity contribution >= 4 is 39.2 Å². The van der Waals surface area contributed by atoms with E-state index in [0.717, 1.165) is 30.4 Å². The van der Waals surface area contributed by atoms with E-state index in [9.17, 15) is 18.0 Å². The Morgan fingerprint density at radius 2 is 1.87 bits per heavy atom. The second-order valence-electron chi connectivity index (χ2n) is 14.4. The van der Waals surface area contributed by atoms with Crippen LogP contribution in [-0.2, 0) is 40.9 Å². The molecule has 0 radical (unpaired) electrons. The Balaban J connectivity index is 1.62. The van der Waals surface area contributed by atoms with Crippen LogP contribution in [0.15, 0.2) is 48.3 Å². The standard InChI is InChI=1S/C38H52ClFN4O8S/c1-26(23-53(41,47)48)9-13-31(40)35(36(45)42(17-19-49-2)18-20-50-3)43-16-6-8-34(43)44-24-38(15-5-7-27-21-29(39)11-12-30(27)38)25-52-33-14-10-28(22-32(33)44)37(46)51-4/h10-14,21-22,26,34-35H,5-9,15-20,23-25H2,1-4H3,(H2,41,47,48)/b31-13-/t26-,34+,35?,38-/m0/s1. The quantitative estimate of drug-likeness (QED) is 0.254. The average Bonchev–Trinajstić information content (AvgIpc) is 3.53. The molecule has 0 aromatic heterocycles. The molecule has 12 nitrogen and oxygen atoms in total. The van der Waals surface area contributed by atoms with E-state index in [2.05, 4.69) is 11.0 Å². The number of carbonyl (C=O) groups is 2. The van der Waals surface area contributed by atoms with Crippen molar-refractivity contribution < 1.29 is 41.3 Å². The van der Waals surface area contributed by atoms with E-state index in [0.29, 0.717) is 54.6 Å². The Hall–Kier alpha value is -3.27. The lowest BCUT2D eigenvalue weighted by molar-refractivity contribution is -0.138. The summed E-state index contributed by atoms with van der Waals surface area (Å²) in [5.41, 5.74) is 2.80. The number of methoxy groups -OCH3 is 3. The average molecular weight is 779 g/mol. The third-order valence-electron chi connectivity index (χ3n) is 10.5. The lowest BCUT2D eigenvalue weighted by Gasteiger charge is -2.45. The number of carbonyl (C=O) groups excluding carboxylic acids is 2. The number of esters is 1. The Bertz CT molecular complexity index is 1760. The van der Waals surface area contributed by atoms with Gasteiger partial charge in [0, 0.05) is 50.8 Å². The van der Waals surface area contributed by atoms with Gasteiger partial charge in [0.15, 0.2) is 0 Å². The van der Waals surface area contributed by atoms with Gasteiger partial charge in [-0.25, -0.2) is 22.7 Å². The molecule has 1 saturated heterocycles. The molecule has 0 saturated carbocycles. The number of benzene rings is 2. The van der Waals surface area contributed by atoms with Crippen LogP contribution in [0.3, 0.4) is 0 Å². The highest BCUT2D eigenvalue weighted by molar-refractivity contribution is 7.89. The van der Waals surface area contributed by atoms with Crippen molar-refractivity contribution in [3.05, 3.63) is 70.0 Å². The summed E-state index contributed by atoms with van der Waals surface area (Å²) in [4.78, 5) is 33.1. The van der Waals surface area contributed by atoms with Crippen LogP contribution in [0.1, 0.15) is 60.5 Å². The van der Waals surface area contributed by atoms with Crippen LogP contribution in [0.5, 0.6) is 5.75 Å². The van der Waals surface area contributed by atoms with Gasteiger partial charge in [-0.2, -0.15) is 0 Å². The van der Waals surface area contributed by atoms with Crippen molar-refractivity contribution in [1.82, 2.24) is 9.80 Å². The molecule has 1 fully saturated rings. The maximum absolute atomic E-state index is 16.9. The van der Waals surface area contributed by atoms with Crippen LogP contribution in [0, 0.1) is 5.92 Å². The molecular weight excluding hydrogens is 727 g/mol. The molecule has 2 aromatic rings. The van der Waals surface area contributed by atoms with Crippen molar-refractivity contribution in [2.75, 3.05) is 78.0 Å². The van der Waals surface area contributed by atoms with E-state index in [1.54, 1.807) is 30.0 Å². The zero-order valence-corrected chi connectivity index (χ0v) is 32.6. The van der Waals surface area contributed by atoms with Crippen molar-refractivity contribution in [2.24, 2.45) is 11.1 Å². The summed E-state index contributed by atoms with van der Waals surface area (Å²) in [6.07, 6.45) is 4.77. The number of hydrogen-bond acceptors (Lipinski definition) is 10. The van der Waals surface area contributed by atoms with E-state index in [4.69, 9.17) is 35.7 Å². The van der Waals surface area contributed by atoms with Gasteiger partial charge in [-0.3, -0.25) is 9.69 Å². The fraction of sp³-hybridized carbons (Fsp3) is 0.579. The third-order valence-corrected chi connectivity index (χ3v) is 11.8. The molecule has 2 aromatic carbocycles. The topological polar surface area (TPSA) is 141 Å². The number of anilines is 1. The largest absolute Gasteiger partial charge is 0.490 e. The van der Waals surface area contributed by atoms with E-state index in [-0.39, 0.29) is 38.5 Å². The molecule has 5 rings (SSSR count). The summed E-state index contributed by atoms with van der Waals surface area (Å²) in [6.45, 7) is 3.82. The Labute approximate surface area is 317 Å². The molecule has 1 spiro atoms. The summed E-state index contributed by atoms with van der Waals surface area (Å²) < 4.78 is 62.8. The number of halogens is 2. The number of hydrogen-bond donors (Lipinski definition) is 1. The predicted octanol–water partition coefficient (Wildman–Crippen LogP) is 4.68. The van der Waals surface area contributed by atoms with E-state index in [1.165, 1.54) is 27.4 Å². The Kier molecular flexibility index (Phi) is 13.8. The predicted molar refractivity (Wildman–Crippen MR) is 201 cm³/mol. The first-order valence-electron chi connectivity index (χ1n) is 18.1. The van der Waals surface area contributed by atoms with Crippen LogP contribution >= 0.6 is 11.6 Å². The number of allylic oxidation sites excluding steroid dienone is 1. The minimum absolute atomic E-state index is 0.0615. The third kappa shape index (κ3) is 9.70. The van der Waals surface area contributed by atoms with Gasteiger partial charge in [-0.15, -0.1) is 0 Å². The van der Waals surface area contributed by atoms with Gasteiger partial charge >= 0.3 is 5.97 Å². The summed E-state index contributed by atoms with van der Waals surface area (Å²) >= 11 is 6.46. The number of nitrogens with two attached hydrogens (primary N) is 1. The first kappa shape index (κ1) is 40.9. The molecule has 1 aliphatic carbocycles. The molecule has 3 aliphatic rings. The zero-order chi connectivity index (χ0) is 38.3. The Morgan fingerprint density at radius 3 is 2.55 bits per heavy atom. The minimum atomic E-state index is -3.79. The lowest BCUT2D eigenvalue weighted by Crippen LogP contribution is -2.58. The van der Waals surface area contributed by atoms with Crippen LogP contribution in [0.2, 0.25) is 5.02 Å². The van der Waals surface area contributed by atoms with Gasteiger partial charge in [-0.1, -0.05) is 30.7 Å². The van der Waals surface area contributed by atoms with Gasteiger partial charge in [0.1, 0.15) is 17.6 Å². The van der Waals surface area contributed by atoms with E-state index < -0.39 is 51.3 Å². The highest BCUT2D eigenvalue weighted by atomic mass is 35.5. The second kappa shape index (κ2) is 17.9. The van der Waals surface area contributed by atoms with Gasteiger partial charge in [0.2, 0.25) is 15.9 Å². The maximum Gasteiger partial charge on any atom is 0.337 e. The molecule has 53 heavy (non-hydrogen) atoms. The van der Waals surface area contributed by atoms with Crippen LogP contribution in [0.25, 0.3) is 0 Å². The summed E-state index contributed by atoms with van der Waals surface area (Å²) in [5, 5.41) is 5.94. The van der Waals surface area contributed by atoms with Crippen LogP contribution in [0.4, 0.5) is 10.1 Å². The van der Waals surface area contributed by atoms with Crippen molar-refractivity contribution in [3.8, 4) is 5.75 Å². The number of fused-ring (bicyclic) bond motifs is 3. The van der Waals surface area contributed by atoms with Gasteiger partial charge in [-0.05, 0) is 85.9 Å². The second-order valence-corrected chi connectivity index (χ2v) is 16.5. The molecule has 15 heteroatoms. The smallest absolute Gasteiger partial charge is 0.337 e. The number of aryl methyl sites for hydroxylation is 1. The van der Waals surface area contributed by atoms with Crippen LogP contribution in [-0.4, -0.2) is 115 Å². The molecule has 4 atom stereocenters. The molecule has 1 unspecified atom stereocenters. The number of ether oxygens (including phenoxy) is 4. The van der Waals surface area contributed by atoms with Crippen molar-refractivity contribution in [1.29, 1.82) is 0 Å². The molecule has 0 bridgehead atoms. The number of likely N-dealkylation sites (tertiary alicyclic amines) is 1. The number of sulfonamides is 1. The fourth-order valence-electron chi connectivity index (χ4n) is 8.02. The molecule has 2 N–H and O–H groups in total. The monoisotopic (exact) mass is 778 g/mol. The maximum atomic E-state index is 16.9. The normalized spacial score (nSPS) is 21.7. The highest BCUT2D eigenvalue weighted by Gasteiger charge is 2.48. The van der Waals surface area contributed by atoms with E-state index in [1.807, 2.05) is 17.0 Å². The summed E-state index contributed by atoms with van der Waals surface area (Å²) in [6, 6.07) is 9.84. The molecule has 2 heterocycles. The Morgan fingerprint density at radius 1 is 1.13 bits per heavy atom. The molecule has 2 aliphatic heterocycles. The SMILES string of the molecule is COCCN(CCOC)C(=O)C(/C(F)=C/C[C@H](C)CS(N)(=O)=O)N1CCC[C@H]1N1C[C@@]2(CCCc3cc(Cl)ccc32)COc2ccc(C(=O)OC)cc21. The van der Waals surface area contributed by atoms with Crippen molar-refractivity contribution in [3.63, 3.8) is 0 Å². The zero-order valence-electron chi connectivity index (χ0n) is 31.0. The molecular formula is C38H52ClFN4O8S. The fourth-order valence-corrected chi connectivity index (χ4v) is 9.15. The number of nitrogens with zero attached hydrogens (tertiary/aromatic N) is 3. The summed E-state index contributed by atoms with van der Waals surface area (Å²) in [7, 11) is 0.615. The van der Waals surface area contributed by atoms with Crippen LogP contribution < -0.4 is 14.8 Å². The minimum Gasteiger partial charge on any atom is -0.490 e. The van der Waals surface area contributed by atoms with Crippen molar-refractivity contribution in [2.45, 2.75) is 63.1 Å². The van der Waals surface area contributed by atoms with Gasteiger partial charge in [0.25, 0.3) is 0 Å². The van der Waals surface area contributed by atoms with Gasteiger partial charge < -0.3 is 28.7 Å².